The van der Waals surface area contributed by atoms with Crippen LogP contribution in [0.5, 0.6) is 5.75 Å². The highest BCUT2D eigenvalue weighted by Gasteiger charge is 2.17. The number of amides is 2. The van der Waals surface area contributed by atoms with Gasteiger partial charge in [0.2, 0.25) is 11.8 Å². The van der Waals surface area contributed by atoms with E-state index in [4.69, 9.17) is 10.5 Å². The largest absolute Gasteiger partial charge is 0.489 e. The maximum absolute atomic E-state index is 12.9. The molecule has 4 N–H and O–H groups in total. The van der Waals surface area contributed by atoms with Crippen LogP contribution in [0.3, 0.4) is 0 Å². The van der Waals surface area contributed by atoms with Crippen LogP contribution in [0.2, 0.25) is 0 Å². The molecule has 0 spiro atoms. The van der Waals surface area contributed by atoms with E-state index < -0.39 is 6.04 Å². The van der Waals surface area contributed by atoms with E-state index in [2.05, 4.69) is 10.6 Å². The number of nitrogens with two attached hydrogens (primary N) is 1. The molecule has 0 radical (unpaired) electrons. The summed E-state index contributed by atoms with van der Waals surface area (Å²) in [5.41, 5.74) is 7.10. The lowest BCUT2D eigenvalue weighted by molar-refractivity contribution is -0.125. The molecule has 0 aliphatic carbocycles. The Labute approximate surface area is 157 Å². The molecule has 0 fully saturated rings. The van der Waals surface area contributed by atoms with Crippen LogP contribution in [0.15, 0.2) is 48.5 Å². The van der Waals surface area contributed by atoms with Crippen molar-refractivity contribution >= 4 is 17.5 Å². The number of rotatable bonds is 8. The summed E-state index contributed by atoms with van der Waals surface area (Å²) < 4.78 is 18.6. The first-order valence-corrected chi connectivity index (χ1v) is 8.65. The average molecular weight is 373 g/mol. The van der Waals surface area contributed by atoms with Crippen molar-refractivity contribution in [3.8, 4) is 5.75 Å². The van der Waals surface area contributed by atoms with Crippen LogP contribution < -0.4 is 21.1 Å². The Hall–Kier alpha value is -2.93. The Morgan fingerprint density at radius 3 is 2.52 bits per heavy atom. The van der Waals surface area contributed by atoms with Crippen molar-refractivity contribution in [1.29, 1.82) is 0 Å². The summed E-state index contributed by atoms with van der Waals surface area (Å²) in [4.78, 5) is 23.8. The fraction of sp³-hybridized carbons (Fsp3) is 0.300. The molecule has 0 saturated heterocycles. The second-order valence-electron chi connectivity index (χ2n) is 6.48. The number of ether oxygens (including phenoxy) is 1. The Morgan fingerprint density at radius 2 is 1.85 bits per heavy atom. The minimum Gasteiger partial charge on any atom is -0.489 e. The van der Waals surface area contributed by atoms with Crippen LogP contribution in [0, 0.1) is 11.7 Å². The molecule has 2 aromatic carbocycles. The molecule has 0 aliphatic heterocycles. The van der Waals surface area contributed by atoms with Gasteiger partial charge in [-0.05, 0) is 35.7 Å². The molecular weight excluding hydrogens is 349 g/mol. The number of carbonyl (C=O) groups excluding carboxylic acids is 2. The summed E-state index contributed by atoms with van der Waals surface area (Å²) in [6, 6.07) is 12.3. The Balaban J connectivity index is 1.84. The predicted octanol–water partition coefficient (Wildman–Crippen LogP) is 2.44. The van der Waals surface area contributed by atoms with Crippen molar-refractivity contribution < 1.29 is 18.7 Å². The van der Waals surface area contributed by atoms with E-state index in [0.29, 0.717) is 11.4 Å². The van der Waals surface area contributed by atoms with Gasteiger partial charge in [0.15, 0.2) is 0 Å². The van der Waals surface area contributed by atoms with E-state index in [1.165, 1.54) is 12.1 Å². The van der Waals surface area contributed by atoms with E-state index >= 15 is 0 Å². The zero-order valence-electron chi connectivity index (χ0n) is 15.4. The summed E-state index contributed by atoms with van der Waals surface area (Å²) in [6.07, 6.45) is 0. The Kier molecular flexibility index (Phi) is 7.31. The number of benzene rings is 2. The fourth-order valence-corrected chi connectivity index (χ4v) is 2.20. The third kappa shape index (κ3) is 6.71. The van der Waals surface area contributed by atoms with Crippen LogP contribution in [-0.2, 0) is 16.2 Å². The molecule has 0 aliphatic rings. The summed E-state index contributed by atoms with van der Waals surface area (Å²) in [7, 11) is 0. The predicted molar refractivity (Wildman–Crippen MR) is 102 cm³/mol. The molecule has 2 aromatic rings. The van der Waals surface area contributed by atoms with Crippen molar-refractivity contribution in [2.24, 2.45) is 11.7 Å². The van der Waals surface area contributed by atoms with Gasteiger partial charge in [0.1, 0.15) is 18.2 Å². The lowest BCUT2D eigenvalue weighted by atomic mass is 10.1. The van der Waals surface area contributed by atoms with Gasteiger partial charge < -0.3 is 21.1 Å². The lowest BCUT2D eigenvalue weighted by Crippen LogP contribution is -2.46. The van der Waals surface area contributed by atoms with Crippen LogP contribution >= 0.6 is 0 Å². The first kappa shape index (κ1) is 20.4. The molecule has 27 heavy (non-hydrogen) atoms. The number of hydrogen-bond acceptors (Lipinski definition) is 4. The SMILES string of the molecule is CC(C)[C@H](N)C(=O)NCC(=O)Nc1cccc(OCc2ccc(F)cc2)c1. The minimum absolute atomic E-state index is 0.0111. The van der Waals surface area contributed by atoms with E-state index in [1.807, 2.05) is 13.8 Å². The van der Waals surface area contributed by atoms with Gasteiger partial charge in [-0.1, -0.05) is 32.0 Å². The van der Waals surface area contributed by atoms with E-state index in [-0.39, 0.29) is 36.7 Å². The van der Waals surface area contributed by atoms with Gasteiger partial charge in [0.05, 0.1) is 12.6 Å². The van der Waals surface area contributed by atoms with Crippen molar-refractivity contribution in [3.63, 3.8) is 0 Å². The summed E-state index contributed by atoms with van der Waals surface area (Å²) in [5, 5.41) is 5.20. The molecule has 2 amide bonds. The molecule has 7 heteroatoms. The van der Waals surface area contributed by atoms with E-state index in [1.54, 1.807) is 36.4 Å². The minimum atomic E-state index is -0.652. The van der Waals surface area contributed by atoms with Gasteiger partial charge in [-0.15, -0.1) is 0 Å². The van der Waals surface area contributed by atoms with Gasteiger partial charge >= 0.3 is 0 Å². The monoisotopic (exact) mass is 373 g/mol. The topological polar surface area (TPSA) is 93.5 Å². The number of nitrogens with one attached hydrogen (secondary N) is 2. The molecule has 0 heterocycles. The number of carbonyl (C=O) groups is 2. The first-order valence-electron chi connectivity index (χ1n) is 8.65. The summed E-state index contributed by atoms with van der Waals surface area (Å²) in [6.45, 7) is 3.78. The maximum Gasteiger partial charge on any atom is 0.243 e. The average Bonchev–Trinajstić information content (AvgIpc) is 2.65. The molecule has 0 unspecified atom stereocenters. The third-order valence-corrected chi connectivity index (χ3v) is 3.88. The van der Waals surface area contributed by atoms with Crippen LogP contribution in [0.4, 0.5) is 10.1 Å². The highest BCUT2D eigenvalue weighted by molar-refractivity contribution is 5.95. The molecule has 6 nitrogen and oxygen atoms in total. The molecule has 0 saturated carbocycles. The van der Waals surface area contributed by atoms with Crippen LogP contribution in [0.25, 0.3) is 0 Å². The molecule has 0 aromatic heterocycles. The normalized spacial score (nSPS) is 11.7. The van der Waals surface area contributed by atoms with Gasteiger partial charge in [-0.2, -0.15) is 0 Å². The fourth-order valence-electron chi connectivity index (χ4n) is 2.20. The van der Waals surface area contributed by atoms with Crippen molar-refractivity contribution in [3.05, 3.63) is 59.9 Å². The zero-order valence-corrected chi connectivity index (χ0v) is 15.4. The van der Waals surface area contributed by atoms with E-state index in [9.17, 15) is 14.0 Å². The standard InChI is InChI=1S/C20H24FN3O3/c1-13(2)19(22)20(26)23-11-18(25)24-16-4-3-5-17(10-16)27-12-14-6-8-15(21)9-7-14/h3-10,13,19H,11-12,22H2,1-2H3,(H,23,26)(H,24,25)/t19-/m0/s1. The van der Waals surface area contributed by atoms with Gasteiger partial charge in [-0.3, -0.25) is 9.59 Å². The molecule has 1 atom stereocenters. The number of hydrogen-bond donors (Lipinski definition) is 3. The number of anilines is 1. The Bertz CT molecular complexity index is 778. The smallest absolute Gasteiger partial charge is 0.243 e. The van der Waals surface area contributed by atoms with Crippen LogP contribution in [0.1, 0.15) is 19.4 Å². The summed E-state index contributed by atoms with van der Waals surface area (Å²) in [5.74, 6) is -0.484. The number of halogens is 1. The quantitative estimate of drug-likeness (QED) is 0.663. The lowest BCUT2D eigenvalue weighted by Gasteiger charge is -2.15. The van der Waals surface area contributed by atoms with Gasteiger partial charge in [0.25, 0.3) is 0 Å². The van der Waals surface area contributed by atoms with Gasteiger partial charge in [-0.25, -0.2) is 4.39 Å². The van der Waals surface area contributed by atoms with Crippen LogP contribution in [-0.4, -0.2) is 24.4 Å². The van der Waals surface area contributed by atoms with Crippen molar-refractivity contribution in [1.82, 2.24) is 5.32 Å². The van der Waals surface area contributed by atoms with E-state index in [0.717, 1.165) is 5.56 Å². The third-order valence-electron chi connectivity index (χ3n) is 3.88. The molecule has 0 bridgehead atoms. The van der Waals surface area contributed by atoms with Crippen molar-refractivity contribution in [2.45, 2.75) is 26.5 Å². The highest BCUT2D eigenvalue weighted by atomic mass is 19.1. The second kappa shape index (κ2) is 9.68. The molecule has 2 rings (SSSR count). The first-order chi connectivity index (χ1) is 12.8. The molecular formula is C20H24FN3O3. The molecule has 144 valence electrons. The second-order valence-corrected chi connectivity index (χ2v) is 6.48. The van der Waals surface area contributed by atoms with Crippen molar-refractivity contribution in [2.75, 3.05) is 11.9 Å². The maximum atomic E-state index is 12.9. The van der Waals surface area contributed by atoms with Gasteiger partial charge in [0, 0.05) is 11.8 Å². The zero-order chi connectivity index (χ0) is 19.8. The highest BCUT2D eigenvalue weighted by Crippen LogP contribution is 2.18. The summed E-state index contributed by atoms with van der Waals surface area (Å²) >= 11 is 0. The Morgan fingerprint density at radius 1 is 1.15 bits per heavy atom.